The van der Waals surface area contributed by atoms with Crippen LogP contribution in [-0.2, 0) is 11.0 Å². The Morgan fingerprint density at radius 1 is 1.06 bits per heavy atom. The molecule has 0 N–H and O–H groups in total. The van der Waals surface area contributed by atoms with Crippen LogP contribution in [0.15, 0.2) is 36.4 Å². The molecule has 4 rings (SSSR count). The lowest BCUT2D eigenvalue weighted by atomic mass is 9.98. The highest BCUT2D eigenvalue weighted by molar-refractivity contribution is 5.48. The lowest BCUT2D eigenvalue weighted by molar-refractivity contribution is -0.137. The molecule has 2 aliphatic heterocycles. The normalized spacial score (nSPS) is 26.7. The van der Waals surface area contributed by atoms with Crippen LogP contribution in [0.2, 0.25) is 0 Å². The molecule has 0 saturated carbocycles. The van der Waals surface area contributed by atoms with E-state index in [9.17, 15) is 13.2 Å². The highest BCUT2D eigenvalue weighted by atomic mass is 19.4. The molecule has 0 amide bonds. The molecule has 2 atom stereocenters. The lowest BCUT2D eigenvalue weighted by Gasteiger charge is -2.41. The van der Waals surface area contributed by atoms with Gasteiger partial charge in [-0.1, -0.05) is 12.2 Å². The zero-order chi connectivity index (χ0) is 12.8. The highest BCUT2D eigenvalue weighted by Gasteiger charge is 2.33. The number of nitrogens with zero attached hydrogens (tertiary/aromatic N) is 1. The second-order valence-corrected chi connectivity index (χ2v) is 4.54. The van der Waals surface area contributed by atoms with Gasteiger partial charge in [0.1, 0.15) is 6.10 Å². The van der Waals surface area contributed by atoms with Gasteiger partial charge in [-0.25, -0.2) is 5.06 Å². The molecule has 2 bridgehead atoms. The Balaban J connectivity index is 1.84. The van der Waals surface area contributed by atoms with Gasteiger partial charge in [0, 0.05) is 0 Å². The molecule has 1 fully saturated rings. The van der Waals surface area contributed by atoms with Crippen molar-refractivity contribution in [3.63, 3.8) is 0 Å². The van der Waals surface area contributed by atoms with E-state index in [1.165, 1.54) is 12.1 Å². The molecular formula is C13H12F3NO. The lowest BCUT2D eigenvalue weighted by Crippen LogP contribution is -2.45. The molecule has 96 valence electrons. The standard InChI is InChI=1S/C13H12F3NO/c14-13(15,16)9-1-3-10(4-2-9)17-11-5-7-12(18-17)8-6-11/h1-5,7,11-12H,6,8H2/t11-,12+/m1/s1. The van der Waals surface area contributed by atoms with E-state index < -0.39 is 11.7 Å². The fourth-order valence-electron chi connectivity index (χ4n) is 2.34. The number of hydrogen-bond donors (Lipinski definition) is 0. The molecule has 18 heavy (non-hydrogen) atoms. The maximum atomic E-state index is 12.5. The van der Waals surface area contributed by atoms with Crippen LogP contribution in [0.4, 0.5) is 18.9 Å². The van der Waals surface area contributed by atoms with Gasteiger partial charge in [-0.15, -0.1) is 0 Å². The van der Waals surface area contributed by atoms with Crippen LogP contribution in [0.5, 0.6) is 0 Å². The van der Waals surface area contributed by atoms with Crippen molar-refractivity contribution in [3.8, 4) is 0 Å². The van der Waals surface area contributed by atoms with Crippen molar-refractivity contribution in [2.24, 2.45) is 0 Å². The maximum absolute atomic E-state index is 12.5. The van der Waals surface area contributed by atoms with Crippen LogP contribution in [0, 0.1) is 0 Å². The minimum atomic E-state index is -4.29. The first-order valence-electron chi connectivity index (χ1n) is 5.85. The number of fused-ring (bicyclic) bond motifs is 2. The maximum Gasteiger partial charge on any atom is 0.416 e. The first-order chi connectivity index (χ1) is 8.54. The summed E-state index contributed by atoms with van der Waals surface area (Å²) in [4.78, 5) is 5.66. The predicted molar refractivity (Wildman–Crippen MR) is 61.0 cm³/mol. The topological polar surface area (TPSA) is 12.5 Å². The van der Waals surface area contributed by atoms with Gasteiger partial charge in [0.05, 0.1) is 17.3 Å². The van der Waals surface area contributed by atoms with Crippen LogP contribution in [0.25, 0.3) is 0 Å². The predicted octanol–water partition coefficient (Wildman–Crippen LogP) is 3.54. The Kier molecular flexibility index (Phi) is 2.59. The Morgan fingerprint density at radius 2 is 1.78 bits per heavy atom. The van der Waals surface area contributed by atoms with E-state index in [4.69, 9.17) is 4.84 Å². The molecule has 2 heterocycles. The first-order valence-corrected chi connectivity index (χ1v) is 5.85. The van der Waals surface area contributed by atoms with Gasteiger partial charge in [-0.2, -0.15) is 13.2 Å². The van der Waals surface area contributed by atoms with Gasteiger partial charge in [0.15, 0.2) is 0 Å². The molecular weight excluding hydrogens is 243 g/mol. The minimum Gasteiger partial charge on any atom is -0.265 e. The fraction of sp³-hybridized carbons (Fsp3) is 0.385. The largest absolute Gasteiger partial charge is 0.416 e. The van der Waals surface area contributed by atoms with Crippen LogP contribution < -0.4 is 5.06 Å². The Bertz CT molecular complexity index is 466. The number of halogens is 3. The van der Waals surface area contributed by atoms with E-state index in [0.717, 1.165) is 25.0 Å². The smallest absolute Gasteiger partial charge is 0.265 e. The first kappa shape index (κ1) is 11.6. The van der Waals surface area contributed by atoms with Crippen molar-refractivity contribution in [1.29, 1.82) is 0 Å². The average molecular weight is 255 g/mol. The van der Waals surface area contributed by atoms with Crippen molar-refractivity contribution in [3.05, 3.63) is 42.0 Å². The summed E-state index contributed by atoms with van der Waals surface area (Å²) >= 11 is 0. The summed E-state index contributed by atoms with van der Waals surface area (Å²) in [6.07, 6.45) is 1.77. The van der Waals surface area contributed by atoms with Gasteiger partial charge >= 0.3 is 6.18 Å². The van der Waals surface area contributed by atoms with Gasteiger partial charge < -0.3 is 0 Å². The summed E-state index contributed by atoms with van der Waals surface area (Å²) in [5.41, 5.74) is 0.0333. The second kappa shape index (κ2) is 4.02. The second-order valence-electron chi connectivity index (χ2n) is 4.54. The average Bonchev–Trinajstić information content (AvgIpc) is 2.39. The quantitative estimate of drug-likeness (QED) is 0.712. The van der Waals surface area contributed by atoms with E-state index in [0.29, 0.717) is 5.69 Å². The number of alkyl halides is 3. The molecule has 1 aliphatic carbocycles. The van der Waals surface area contributed by atoms with Crippen molar-refractivity contribution in [2.75, 3.05) is 5.06 Å². The summed E-state index contributed by atoms with van der Waals surface area (Å²) in [6.45, 7) is 0. The van der Waals surface area contributed by atoms with E-state index in [1.54, 1.807) is 5.06 Å². The number of hydroxylamine groups is 1. The molecule has 0 radical (unpaired) electrons. The van der Waals surface area contributed by atoms with E-state index in [2.05, 4.69) is 6.08 Å². The summed E-state index contributed by atoms with van der Waals surface area (Å²) in [5, 5.41) is 1.70. The summed E-state index contributed by atoms with van der Waals surface area (Å²) in [7, 11) is 0. The van der Waals surface area contributed by atoms with Crippen LogP contribution >= 0.6 is 0 Å². The molecule has 0 spiro atoms. The third-order valence-corrected chi connectivity index (χ3v) is 3.29. The Labute approximate surface area is 103 Å². The molecule has 5 heteroatoms. The minimum absolute atomic E-state index is 0.0530. The molecule has 0 aromatic heterocycles. The van der Waals surface area contributed by atoms with E-state index in [-0.39, 0.29) is 12.1 Å². The van der Waals surface area contributed by atoms with Crippen molar-refractivity contribution in [1.82, 2.24) is 0 Å². The summed E-state index contributed by atoms with van der Waals surface area (Å²) in [6, 6.07) is 5.22. The fourth-order valence-corrected chi connectivity index (χ4v) is 2.34. The van der Waals surface area contributed by atoms with Crippen molar-refractivity contribution >= 4 is 5.69 Å². The molecule has 1 aromatic rings. The monoisotopic (exact) mass is 255 g/mol. The van der Waals surface area contributed by atoms with Crippen molar-refractivity contribution in [2.45, 2.75) is 31.2 Å². The van der Waals surface area contributed by atoms with Crippen molar-refractivity contribution < 1.29 is 18.0 Å². The van der Waals surface area contributed by atoms with Crippen LogP contribution in [0.1, 0.15) is 18.4 Å². The molecule has 2 nitrogen and oxygen atoms in total. The van der Waals surface area contributed by atoms with Gasteiger partial charge in [0.2, 0.25) is 0 Å². The molecule has 1 saturated heterocycles. The molecule has 0 unspecified atom stereocenters. The van der Waals surface area contributed by atoms with E-state index >= 15 is 0 Å². The number of rotatable bonds is 1. The number of anilines is 1. The molecule has 3 aliphatic rings. The highest BCUT2D eigenvalue weighted by Crippen LogP contribution is 2.34. The van der Waals surface area contributed by atoms with Crippen LogP contribution in [0.3, 0.4) is 0 Å². The zero-order valence-corrected chi connectivity index (χ0v) is 9.52. The summed E-state index contributed by atoms with van der Waals surface area (Å²) < 4.78 is 37.4. The third-order valence-electron chi connectivity index (χ3n) is 3.29. The SMILES string of the molecule is FC(F)(F)c1ccc(N2O[C@H]3C=C[C@@H]2CC3)cc1. The third kappa shape index (κ3) is 1.99. The number of hydrogen-bond acceptors (Lipinski definition) is 2. The Morgan fingerprint density at radius 3 is 2.22 bits per heavy atom. The summed E-state index contributed by atoms with van der Waals surface area (Å²) in [5.74, 6) is 0. The van der Waals surface area contributed by atoms with E-state index in [1.807, 2.05) is 6.08 Å². The van der Waals surface area contributed by atoms with Gasteiger partial charge in [0.25, 0.3) is 0 Å². The zero-order valence-electron chi connectivity index (χ0n) is 9.52. The van der Waals surface area contributed by atoms with Crippen LogP contribution in [-0.4, -0.2) is 12.1 Å². The van der Waals surface area contributed by atoms with Gasteiger partial charge in [-0.3, -0.25) is 4.84 Å². The van der Waals surface area contributed by atoms with Gasteiger partial charge in [-0.05, 0) is 37.1 Å². The number of benzene rings is 1. The molecule has 1 aromatic carbocycles. The Hall–Kier alpha value is -1.49.